The van der Waals surface area contributed by atoms with Crippen molar-refractivity contribution in [3.8, 4) is 0 Å². The Morgan fingerprint density at radius 2 is 1.79 bits per heavy atom. The standard InChI is InChI=1S/C17H14ClF3N2O5S/c1-22-29(26,27)10-6-7-13(18)11(8-10)16(25)28-9-15(24)23-14-5-3-2-4-12(14)17(19,20)21/h2-8,22H,9H2,1H3,(H,23,24). The summed E-state index contributed by atoms with van der Waals surface area (Å²) in [6.45, 7) is -0.912. The first-order valence-electron chi connectivity index (χ1n) is 7.82. The predicted octanol–water partition coefficient (Wildman–Crippen LogP) is 3.06. The lowest BCUT2D eigenvalue weighted by molar-refractivity contribution is -0.137. The molecule has 0 saturated heterocycles. The first-order chi connectivity index (χ1) is 13.5. The van der Waals surface area contributed by atoms with Crippen LogP contribution in [0.4, 0.5) is 18.9 Å². The van der Waals surface area contributed by atoms with E-state index in [0.717, 1.165) is 36.4 Å². The second kappa shape index (κ2) is 8.80. The molecule has 1 amide bonds. The highest BCUT2D eigenvalue weighted by molar-refractivity contribution is 7.89. The summed E-state index contributed by atoms with van der Waals surface area (Å²) in [6.07, 6.45) is -4.69. The van der Waals surface area contributed by atoms with Gasteiger partial charge in [0.2, 0.25) is 10.0 Å². The molecule has 0 atom stereocenters. The third-order valence-corrected chi connectivity index (χ3v) is 5.32. The molecule has 0 bridgehead atoms. The number of carbonyl (C=O) groups excluding carboxylic acids is 2. The van der Waals surface area contributed by atoms with Crippen molar-refractivity contribution in [1.29, 1.82) is 0 Å². The van der Waals surface area contributed by atoms with Crippen molar-refractivity contribution < 1.29 is 35.9 Å². The first kappa shape index (κ1) is 22.7. The Morgan fingerprint density at radius 3 is 2.41 bits per heavy atom. The van der Waals surface area contributed by atoms with Crippen molar-refractivity contribution in [3.05, 3.63) is 58.6 Å². The highest BCUT2D eigenvalue weighted by Gasteiger charge is 2.33. The summed E-state index contributed by atoms with van der Waals surface area (Å²) in [7, 11) is -2.69. The largest absolute Gasteiger partial charge is 0.452 e. The minimum absolute atomic E-state index is 0.132. The third-order valence-electron chi connectivity index (χ3n) is 3.58. The van der Waals surface area contributed by atoms with Gasteiger partial charge in [-0.05, 0) is 37.4 Å². The van der Waals surface area contributed by atoms with Crippen LogP contribution in [0.5, 0.6) is 0 Å². The van der Waals surface area contributed by atoms with Gasteiger partial charge in [-0.25, -0.2) is 17.9 Å². The van der Waals surface area contributed by atoms with E-state index in [0.29, 0.717) is 0 Å². The topological polar surface area (TPSA) is 102 Å². The van der Waals surface area contributed by atoms with E-state index in [1.807, 2.05) is 5.32 Å². The number of para-hydroxylation sites is 1. The second-order valence-electron chi connectivity index (χ2n) is 5.52. The molecule has 2 N–H and O–H groups in total. The van der Waals surface area contributed by atoms with Crippen molar-refractivity contribution in [2.75, 3.05) is 19.0 Å². The van der Waals surface area contributed by atoms with Gasteiger partial charge in [0.25, 0.3) is 5.91 Å². The number of hydrogen-bond donors (Lipinski definition) is 2. The predicted molar refractivity (Wildman–Crippen MR) is 98.1 cm³/mol. The summed E-state index contributed by atoms with van der Waals surface area (Å²) >= 11 is 5.86. The van der Waals surface area contributed by atoms with Gasteiger partial charge in [0.05, 0.1) is 26.7 Å². The van der Waals surface area contributed by atoms with Crippen LogP contribution in [-0.2, 0) is 25.7 Å². The van der Waals surface area contributed by atoms with E-state index in [-0.39, 0.29) is 15.5 Å². The minimum atomic E-state index is -4.69. The van der Waals surface area contributed by atoms with Crippen molar-refractivity contribution in [1.82, 2.24) is 4.72 Å². The molecule has 2 rings (SSSR count). The van der Waals surface area contributed by atoms with Crippen LogP contribution in [0.2, 0.25) is 5.02 Å². The zero-order chi connectivity index (χ0) is 21.8. The highest BCUT2D eigenvalue weighted by Crippen LogP contribution is 2.34. The second-order valence-corrected chi connectivity index (χ2v) is 7.81. The number of nitrogens with one attached hydrogen (secondary N) is 2. The van der Waals surface area contributed by atoms with E-state index >= 15 is 0 Å². The Morgan fingerprint density at radius 1 is 1.14 bits per heavy atom. The number of sulfonamides is 1. The fourth-order valence-electron chi connectivity index (χ4n) is 2.18. The number of halogens is 4. The van der Waals surface area contributed by atoms with Crippen LogP contribution in [0, 0.1) is 0 Å². The molecule has 2 aromatic rings. The molecule has 0 aliphatic carbocycles. The van der Waals surface area contributed by atoms with E-state index < -0.39 is 45.9 Å². The van der Waals surface area contributed by atoms with Gasteiger partial charge in [0.15, 0.2) is 6.61 Å². The maximum atomic E-state index is 12.9. The maximum Gasteiger partial charge on any atom is 0.418 e. The van der Waals surface area contributed by atoms with Gasteiger partial charge in [-0.3, -0.25) is 4.79 Å². The molecule has 0 spiro atoms. The quantitative estimate of drug-likeness (QED) is 0.659. The molecule has 0 aliphatic heterocycles. The molecule has 0 unspecified atom stereocenters. The highest BCUT2D eigenvalue weighted by atomic mass is 35.5. The summed E-state index contributed by atoms with van der Waals surface area (Å²) in [5.41, 5.74) is -1.89. The van der Waals surface area contributed by atoms with Crippen LogP contribution in [0.3, 0.4) is 0 Å². The lowest BCUT2D eigenvalue weighted by atomic mass is 10.1. The minimum Gasteiger partial charge on any atom is -0.452 e. The van der Waals surface area contributed by atoms with Crippen molar-refractivity contribution >= 4 is 39.2 Å². The van der Waals surface area contributed by atoms with Crippen LogP contribution >= 0.6 is 11.6 Å². The van der Waals surface area contributed by atoms with Crippen LogP contribution in [0.25, 0.3) is 0 Å². The van der Waals surface area contributed by atoms with Crippen LogP contribution in [0.1, 0.15) is 15.9 Å². The number of rotatable bonds is 6. The number of carbonyl (C=O) groups is 2. The van der Waals surface area contributed by atoms with Crippen molar-refractivity contribution in [3.63, 3.8) is 0 Å². The number of ether oxygens (including phenoxy) is 1. The fourth-order valence-corrected chi connectivity index (χ4v) is 3.13. The summed E-state index contributed by atoms with van der Waals surface area (Å²) < 4.78 is 69.2. The van der Waals surface area contributed by atoms with Crippen molar-refractivity contribution in [2.24, 2.45) is 0 Å². The summed E-state index contributed by atoms with van der Waals surface area (Å²) in [5, 5.41) is 1.88. The van der Waals surface area contributed by atoms with Gasteiger partial charge in [0.1, 0.15) is 0 Å². The molecule has 12 heteroatoms. The molecule has 0 saturated carbocycles. The summed E-state index contributed by atoms with van der Waals surface area (Å²) in [6, 6.07) is 7.55. The van der Waals surface area contributed by atoms with Crippen LogP contribution in [0.15, 0.2) is 47.4 Å². The van der Waals surface area contributed by atoms with E-state index in [2.05, 4.69) is 4.72 Å². The van der Waals surface area contributed by atoms with Gasteiger partial charge in [0, 0.05) is 0 Å². The average molecular weight is 451 g/mol. The molecule has 0 heterocycles. The smallest absolute Gasteiger partial charge is 0.418 e. The van der Waals surface area contributed by atoms with Gasteiger partial charge >= 0.3 is 12.1 Å². The monoisotopic (exact) mass is 450 g/mol. The molecule has 7 nitrogen and oxygen atoms in total. The van der Waals surface area contributed by atoms with Gasteiger partial charge < -0.3 is 10.1 Å². The summed E-state index contributed by atoms with van der Waals surface area (Å²) in [5.74, 6) is -2.15. The van der Waals surface area contributed by atoms with E-state index in [1.165, 1.54) is 13.1 Å². The number of amides is 1. The molecule has 29 heavy (non-hydrogen) atoms. The van der Waals surface area contributed by atoms with E-state index in [1.54, 1.807) is 0 Å². The Bertz CT molecular complexity index is 1040. The molecule has 0 aromatic heterocycles. The molecule has 2 aromatic carbocycles. The Hall–Kier alpha value is -2.63. The molecule has 0 radical (unpaired) electrons. The SMILES string of the molecule is CNS(=O)(=O)c1ccc(Cl)c(C(=O)OCC(=O)Nc2ccccc2C(F)(F)F)c1. The normalized spacial score (nSPS) is 11.8. The Kier molecular flexibility index (Phi) is 6.88. The Balaban J connectivity index is 2.11. The molecule has 0 fully saturated rings. The van der Waals surface area contributed by atoms with E-state index in [4.69, 9.17) is 16.3 Å². The number of alkyl halides is 3. The molecule has 0 aliphatic rings. The fraction of sp³-hybridized carbons (Fsp3) is 0.176. The van der Waals surface area contributed by atoms with Crippen LogP contribution < -0.4 is 10.0 Å². The zero-order valence-corrected chi connectivity index (χ0v) is 16.3. The first-order valence-corrected chi connectivity index (χ1v) is 9.68. The maximum absolute atomic E-state index is 12.9. The van der Waals surface area contributed by atoms with Crippen LogP contribution in [-0.4, -0.2) is 33.9 Å². The zero-order valence-electron chi connectivity index (χ0n) is 14.7. The van der Waals surface area contributed by atoms with Gasteiger partial charge in [-0.2, -0.15) is 13.2 Å². The number of esters is 1. The number of anilines is 1. The van der Waals surface area contributed by atoms with Crippen molar-refractivity contribution in [2.45, 2.75) is 11.1 Å². The third kappa shape index (κ3) is 5.68. The van der Waals surface area contributed by atoms with Gasteiger partial charge in [-0.15, -0.1) is 0 Å². The average Bonchev–Trinajstić information content (AvgIpc) is 2.66. The lowest BCUT2D eigenvalue weighted by Crippen LogP contribution is -2.23. The Labute approximate surface area is 168 Å². The number of hydrogen-bond acceptors (Lipinski definition) is 5. The summed E-state index contributed by atoms with van der Waals surface area (Å²) in [4.78, 5) is 23.8. The molecule has 156 valence electrons. The van der Waals surface area contributed by atoms with E-state index in [9.17, 15) is 31.2 Å². The lowest BCUT2D eigenvalue weighted by Gasteiger charge is -2.13. The molecular weight excluding hydrogens is 437 g/mol. The van der Waals surface area contributed by atoms with Gasteiger partial charge in [-0.1, -0.05) is 23.7 Å². The number of benzene rings is 2. The molecular formula is C17H14ClF3N2O5S.